The summed E-state index contributed by atoms with van der Waals surface area (Å²) >= 11 is 3.58. The number of ether oxygens (including phenoxy) is 2. The minimum absolute atomic E-state index is 0.527. The monoisotopic (exact) mass is 356 g/mol. The van der Waals surface area contributed by atoms with E-state index in [1.54, 1.807) is 14.2 Å². The summed E-state index contributed by atoms with van der Waals surface area (Å²) in [4.78, 5) is 12.1. The summed E-state index contributed by atoms with van der Waals surface area (Å²) in [6.07, 6.45) is 4.17. The lowest BCUT2D eigenvalue weighted by Gasteiger charge is -2.36. The van der Waals surface area contributed by atoms with Crippen molar-refractivity contribution in [2.24, 2.45) is 0 Å². The van der Waals surface area contributed by atoms with Crippen molar-refractivity contribution in [3.05, 3.63) is 21.7 Å². The number of methoxy groups -OCH3 is 2. The van der Waals surface area contributed by atoms with Gasteiger partial charge < -0.3 is 14.6 Å². The second-order valence-electron chi connectivity index (χ2n) is 5.57. The summed E-state index contributed by atoms with van der Waals surface area (Å²) in [5, 5.41) is 9.92. The molecule has 0 amide bonds. The molecule has 1 aromatic carbocycles. The van der Waals surface area contributed by atoms with Crippen molar-refractivity contribution in [1.82, 2.24) is 0 Å². The van der Waals surface area contributed by atoms with Gasteiger partial charge in [-0.25, -0.2) is 0 Å². The lowest BCUT2D eigenvalue weighted by atomic mass is 9.68. The van der Waals surface area contributed by atoms with Crippen LogP contribution in [0.25, 0.3) is 0 Å². The van der Waals surface area contributed by atoms with E-state index in [1.165, 1.54) is 0 Å². The Morgan fingerprint density at radius 3 is 2.33 bits per heavy atom. The number of halogens is 1. The van der Waals surface area contributed by atoms with E-state index < -0.39 is 11.4 Å². The van der Waals surface area contributed by atoms with Crippen molar-refractivity contribution in [1.29, 1.82) is 0 Å². The molecular weight excluding hydrogens is 336 g/mol. The zero-order valence-corrected chi connectivity index (χ0v) is 14.2. The van der Waals surface area contributed by atoms with Crippen molar-refractivity contribution in [2.45, 2.75) is 44.4 Å². The van der Waals surface area contributed by atoms with Crippen LogP contribution in [0.2, 0.25) is 0 Å². The zero-order valence-electron chi connectivity index (χ0n) is 12.7. The van der Waals surface area contributed by atoms with Gasteiger partial charge in [0.15, 0.2) is 11.5 Å². The van der Waals surface area contributed by atoms with Gasteiger partial charge in [-0.15, -0.1) is 0 Å². The maximum Gasteiger partial charge on any atom is 0.314 e. The van der Waals surface area contributed by atoms with Gasteiger partial charge in [0.25, 0.3) is 0 Å². The van der Waals surface area contributed by atoms with E-state index in [1.807, 2.05) is 13.0 Å². The SMILES string of the molecule is COc1cc(C)c(Br)c(C2(C(=O)O)CCCCC2)c1OC. The molecule has 0 aliphatic heterocycles. The molecule has 21 heavy (non-hydrogen) atoms. The van der Waals surface area contributed by atoms with E-state index in [-0.39, 0.29) is 0 Å². The van der Waals surface area contributed by atoms with Gasteiger partial charge in [-0.1, -0.05) is 35.2 Å². The topological polar surface area (TPSA) is 55.8 Å². The third kappa shape index (κ3) is 2.63. The number of rotatable bonds is 4. The van der Waals surface area contributed by atoms with Crippen LogP contribution in [0.5, 0.6) is 11.5 Å². The lowest BCUT2D eigenvalue weighted by Crippen LogP contribution is -2.38. The molecular formula is C16H21BrO4. The van der Waals surface area contributed by atoms with Crippen LogP contribution in [-0.2, 0) is 10.2 Å². The fourth-order valence-electron chi connectivity index (χ4n) is 3.25. The highest BCUT2D eigenvalue weighted by Crippen LogP contribution is 2.50. The molecule has 0 unspecified atom stereocenters. The Labute approximate surface area is 133 Å². The van der Waals surface area contributed by atoms with Crippen LogP contribution < -0.4 is 9.47 Å². The molecule has 2 rings (SSSR count). The first-order chi connectivity index (χ1) is 9.97. The third-order valence-electron chi connectivity index (χ3n) is 4.38. The van der Waals surface area contributed by atoms with Crippen molar-refractivity contribution in [3.8, 4) is 11.5 Å². The highest BCUT2D eigenvalue weighted by Gasteiger charge is 2.45. The standard InChI is InChI=1S/C16H21BrO4/c1-10-9-11(20-2)14(21-3)12(13(10)17)16(15(18)19)7-5-4-6-8-16/h9H,4-8H2,1-3H3,(H,18,19). The fraction of sp³-hybridized carbons (Fsp3) is 0.562. The van der Waals surface area contributed by atoms with Gasteiger partial charge in [0.2, 0.25) is 0 Å². The normalized spacial score (nSPS) is 17.3. The molecule has 1 N–H and O–H groups in total. The van der Waals surface area contributed by atoms with Crippen LogP contribution >= 0.6 is 15.9 Å². The van der Waals surface area contributed by atoms with Gasteiger partial charge in [0, 0.05) is 10.0 Å². The van der Waals surface area contributed by atoms with Crippen LogP contribution in [0.4, 0.5) is 0 Å². The number of aliphatic carboxylic acids is 1. The molecule has 4 nitrogen and oxygen atoms in total. The first-order valence-electron chi connectivity index (χ1n) is 7.13. The lowest BCUT2D eigenvalue weighted by molar-refractivity contribution is -0.145. The molecule has 0 spiro atoms. The molecule has 5 heteroatoms. The average molecular weight is 357 g/mol. The minimum atomic E-state index is -0.901. The summed E-state index contributed by atoms with van der Waals surface area (Å²) in [7, 11) is 3.13. The molecule has 0 heterocycles. The molecule has 0 radical (unpaired) electrons. The molecule has 1 saturated carbocycles. The Hall–Kier alpha value is -1.23. The Kier molecular flexibility index (Phi) is 4.81. The summed E-state index contributed by atoms with van der Waals surface area (Å²) in [6, 6.07) is 1.87. The van der Waals surface area contributed by atoms with Gasteiger partial charge in [-0.05, 0) is 31.4 Å². The van der Waals surface area contributed by atoms with Gasteiger partial charge in [-0.3, -0.25) is 4.79 Å². The Morgan fingerprint density at radius 2 is 1.86 bits per heavy atom. The van der Waals surface area contributed by atoms with Gasteiger partial charge >= 0.3 is 5.97 Å². The molecule has 0 bridgehead atoms. The summed E-state index contributed by atoms with van der Waals surface area (Å²) in [6.45, 7) is 1.94. The quantitative estimate of drug-likeness (QED) is 0.883. The van der Waals surface area contributed by atoms with Crippen LogP contribution in [0.15, 0.2) is 10.5 Å². The summed E-state index contributed by atoms with van der Waals surface area (Å²) in [5.41, 5.74) is 0.768. The predicted octanol–water partition coefficient (Wildman–Crippen LogP) is 4.06. The van der Waals surface area contributed by atoms with Crippen molar-refractivity contribution in [2.75, 3.05) is 14.2 Å². The molecule has 1 aromatic rings. The number of hydrogen-bond donors (Lipinski definition) is 1. The first-order valence-corrected chi connectivity index (χ1v) is 7.92. The fourth-order valence-corrected chi connectivity index (χ4v) is 3.93. The molecule has 0 aromatic heterocycles. The molecule has 116 valence electrons. The van der Waals surface area contributed by atoms with E-state index in [0.717, 1.165) is 29.3 Å². The van der Waals surface area contributed by atoms with Crippen LogP contribution in [0.1, 0.15) is 43.2 Å². The molecule has 0 atom stereocenters. The summed E-state index contributed by atoms with van der Waals surface area (Å²) in [5.74, 6) is 0.326. The van der Waals surface area contributed by atoms with Crippen molar-refractivity contribution in [3.63, 3.8) is 0 Å². The number of carboxylic acid groups (broad SMARTS) is 1. The first kappa shape index (κ1) is 16.1. The smallest absolute Gasteiger partial charge is 0.314 e. The number of hydrogen-bond acceptors (Lipinski definition) is 3. The van der Waals surface area contributed by atoms with Crippen LogP contribution in [-0.4, -0.2) is 25.3 Å². The van der Waals surface area contributed by atoms with Gasteiger partial charge in [0.1, 0.15) is 0 Å². The molecule has 1 fully saturated rings. The van der Waals surface area contributed by atoms with E-state index >= 15 is 0 Å². The van der Waals surface area contributed by atoms with Crippen LogP contribution in [0.3, 0.4) is 0 Å². The number of benzene rings is 1. The highest BCUT2D eigenvalue weighted by atomic mass is 79.9. The van der Waals surface area contributed by atoms with Gasteiger partial charge in [0.05, 0.1) is 19.6 Å². The number of carboxylic acids is 1. The van der Waals surface area contributed by atoms with Crippen LogP contribution in [0, 0.1) is 6.92 Å². The van der Waals surface area contributed by atoms with E-state index in [2.05, 4.69) is 15.9 Å². The highest BCUT2D eigenvalue weighted by molar-refractivity contribution is 9.10. The Morgan fingerprint density at radius 1 is 1.24 bits per heavy atom. The molecule has 1 aliphatic rings. The Balaban J connectivity index is 2.75. The summed E-state index contributed by atoms with van der Waals surface area (Å²) < 4.78 is 11.7. The maximum atomic E-state index is 12.1. The van der Waals surface area contributed by atoms with Crippen molar-refractivity contribution >= 4 is 21.9 Å². The third-order valence-corrected chi connectivity index (χ3v) is 5.41. The minimum Gasteiger partial charge on any atom is -0.493 e. The second-order valence-corrected chi connectivity index (χ2v) is 6.36. The predicted molar refractivity (Wildman–Crippen MR) is 84.4 cm³/mol. The molecule has 1 aliphatic carbocycles. The Bertz CT molecular complexity index is 548. The largest absolute Gasteiger partial charge is 0.493 e. The maximum absolute atomic E-state index is 12.1. The van der Waals surface area contributed by atoms with E-state index in [0.29, 0.717) is 29.9 Å². The molecule has 0 saturated heterocycles. The number of aryl methyl sites for hydroxylation is 1. The second kappa shape index (κ2) is 6.26. The average Bonchev–Trinajstić information content (AvgIpc) is 2.49. The van der Waals surface area contributed by atoms with Gasteiger partial charge in [-0.2, -0.15) is 0 Å². The number of carbonyl (C=O) groups is 1. The van der Waals surface area contributed by atoms with E-state index in [4.69, 9.17) is 9.47 Å². The zero-order chi connectivity index (χ0) is 15.6. The van der Waals surface area contributed by atoms with Crippen molar-refractivity contribution < 1.29 is 19.4 Å². The van der Waals surface area contributed by atoms with E-state index in [9.17, 15) is 9.90 Å².